The Morgan fingerprint density at radius 1 is 0.882 bits per heavy atom. The van der Waals surface area contributed by atoms with Crippen molar-refractivity contribution in [3.05, 3.63) is 82.6 Å². The van der Waals surface area contributed by atoms with Crippen molar-refractivity contribution < 1.29 is 13.2 Å². The van der Waals surface area contributed by atoms with Crippen molar-refractivity contribution >= 4 is 33.5 Å². The molecule has 0 aliphatic carbocycles. The predicted molar refractivity (Wildman–Crippen MR) is 129 cm³/mol. The molecule has 1 amide bonds. The van der Waals surface area contributed by atoms with Crippen molar-refractivity contribution in [2.45, 2.75) is 17.9 Å². The second kappa shape index (κ2) is 9.32. The summed E-state index contributed by atoms with van der Waals surface area (Å²) in [6, 6.07) is 14.1. The lowest BCUT2D eigenvalue weighted by Crippen LogP contribution is -2.49. The van der Waals surface area contributed by atoms with Crippen molar-refractivity contribution in [2.24, 2.45) is 0 Å². The zero-order chi connectivity index (χ0) is 23.7. The standard InChI is InChI=1S/C24H24ClN5O3S/c25-21-7-6-19(23(31)28-12-14-29(15-13-28)24-26-9-3-10-27-24)16-22(21)34(32,33)30-11-8-18-4-1-2-5-20(18)17-30/h1-7,9-10,16H,8,11-15,17H2. The first-order valence-corrected chi connectivity index (χ1v) is 12.9. The molecule has 5 rings (SSSR count). The van der Waals surface area contributed by atoms with Gasteiger partial charge < -0.3 is 9.80 Å². The molecule has 3 aromatic rings. The minimum absolute atomic E-state index is 0.0317. The third-order valence-corrected chi connectivity index (χ3v) is 8.62. The third kappa shape index (κ3) is 4.38. The van der Waals surface area contributed by atoms with Crippen LogP contribution in [0.4, 0.5) is 5.95 Å². The monoisotopic (exact) mass is 497 g/mol. The van der Waals surface area contributed by atoms with Crippen LogP contribution in [-0.4, -0.2) is 66.2 Å². The van der Waals surface area contributed by atoms with E-state index in [0.29, 0.717) is 50.7 Å². The molecule has 1 fully saturated rings. The molecule has 1 aromatic heterocycles. The van der Waals surface area contributed by atoms with Crippen LogP contribution in [0.15, 0.2) is 65.8 Å². The van der Waals surface area contributed by atoms with E-state index in [1.165, 1.54) is 16.4 Å². The summed E-state index contributed by atoms with van der Waals surface area (Å²) in [6.45, 7) is 2.84. The van der Waals surface area contributed by atoms with Crippen LogP contribution in [0.3, 0.4) is 0 Å². The molecule has 0 spiro atoms. The number of halogens is 1. The van der Waals surface area contributed by atoms with Gasteiger partial charge in [-0.25, -0.2) is 18.4 Å². The Hall–Kier alpha value is -3.01. The van der Waals surface area contributed by atoms with Crippen LogP contribution >= 0.6 is 11.6 Å². The Morgan fingerprint density at radius 3 is 2.32 bits per heavy atom. The molecular formula is C24H24ClN5O3S. The van der Waals surface area contributed by atoms with Gasteiger partial charge in [-0.2, -0.15) is 4.31 Å². The second-order valence-corrected chi connectivity index (χ2v) is 10.6. The number of nitrogens with zero attached hydrogens (tertiary/aromatic N) is 5. The normalized spacial score (nSPS) is 16.9. The number of rotatable bonds is 4. The Bertz CT molecular complexity index is 1310. The molecule has 2 aromatic carbocycles. The summed E-state index contributed by atoms with van der Waals surface area (Å²) >= 11 is 6.33. The van der Waals surface area contributed by atoms with Gasteiger partial charge in [0.05, 0.1) is 5.02 Å². The van der Waals surface area contributed by atoms with Crippen LogP contribution in [0.25, 0.3) is 0 Å². The highest BCUT2D eigenvalue weighted by Crippen LogP contribution is 2.30. The number of hydrogen-bond acceptors (Lipinski definition) is 6. The van der Waals surface area contributed by atoms with Crippen LogP contribution in [0.2, 0.25) is 5.02 Å². The lowest BCUT2D eigenvalue weighted by molar-refractivity contribution is 0.0746. The van der Waals surface area contributed by atoms with E-state index in [0.717, 1.165) is 11.1 Å². The van der Waals surface area contributed by atoms with Gasteiger partial charge in [0.2, 0.25) is 16.0 Å². The van der Waals surface area contributed by atoms with E-state index in [-0.39, 0.29) is 22.4 Å². The van der Waals surface area contributed by atoms with E-state index in [1.807, 2.05) is 29.2 Å². The molecule has 176 valence electrons. The lowest BCUT2D eigenvalue weighted by atomic mass is 10.0. The topological polar surface area (TPSA) is 86.7 Å². The summed E-state index contributed by atoms with van der Waals surface area (Å²) in [6.07, 6.45) is 4.02. The highest BCUT2D eigenvalue weighted by Gasteiger charge is 2.31. The molecule has 1 saturated heterocycles. The summed E-state index contributed by atoms with van der Waals surface area (Å²) < 4.78 is 28.4. The average molecular weight is 498 g/mol. The molecule has 0 unspecified atom stereocenters. The second-order valence-electron chi connectivity index (χ2n) is 8.33. The predicted octanol–water partition coefficient (Wildman–Crippen LogP) is 2.84. The van der Waals surface area contributed by atoms with Crippen LogP contribution in [0.1, 0.15) is 21.5 Å². The fourth-order valence-corrected chi connectivity index (χ4v) is 6.31. The average Bonchev–Trinajstić information content (AvgIpc) is 2.89. The smallest absolute Gasteiger partial charge is 0.254 e. The van der Waals surface area contributed by atoms with E-state index in [2.05, 4.69) is 9.97 Å². The number of carbonyl (C=O) groups is 1. The minimum atomic E-state index is -3.86. The van der Waals surface area contributed by atoms with E-state index in [4.69, 9.17) is 11.6 Å². The molecule has 0 atom stereocenters. The summed E-state index contributed by atoms with van der Waals surface area (Å²) in [4.78, 5) is 25.4. The molecule has 0 bridgehead atoms. The minimum Gasteiger partial charge on any atom is -0.337 e. The number of benzene rings is 2. The van der Waals surface area contributed by atoms with Gasteiger partial charge in [-0.05, 0) is 41.8 Å². The Labute approximate surface area is 203 Å². The van der Waals surface area contributed by atoms with Crippen LogP contribution in [0, 0.1) is 0 Å². The summed E-state index contributed by atoms with van der Waals surface area (Å²) in [5, 5.41) is 0.112. The number of aromatic nitrogens is 2. The molecule has 10 heteroatoms. The maximum Gasteiger partial charge on any atom is 0.254 e. The number of sulfonamides is 1. The highest BCUT2D eigenvalue weighted by molar-refractivity contribution is 7.89. The van der Waals surface area contributed by atoms with Crippen molar-refractivity contribution in [3.8, 4) is 0 Å². The van der Waals surface area contributed by atoms with Gasteiger partial charge in [0.15, 0.2) is 0 Å². The first-order chi connectivity index (χ1) is 16.4. The number of carbonyl (C=O) groups excluding carboxylic acids is 1. The molecule has 8 nitrogen and oxygen atoms in total. The van der Waals surface area contributed by atoms with Crippen molar-refractivity contribution in [1.29, 1.82) is 0 Å². The van der Waals surface area contributed by atoms with E-state index >= 15 is 0 Å². The summed E-state index contributed by atoms with van der Waals surface area (Å²) in [7, 11) is -3.86. The maximum absolute atomic E-state index is 13.5. The molecule has 0 radical (unpaired) electrons. The quantitative estimate of drug-likeness (QED) is 0.551. The zero-order valence-electron chi connectivity index (χ0n) is 18.5. The molecule has 2 aliphatic rings. The van der Waals surface area contributed by atoms with Gasteiger partial charge in [0.1, 0.15) is 4.90 Å². The van der Waals surface area contributed by atoms with E-state index in [1.54, 1.807) is 29.4 Å². The highest BCUT2D eigenvalue weighted by atomic mass is 35.5. The summed E-state index contributed by atoms with van der Waals surface area (Å²) in [5.74, 6) is 0.420. The van der Waals surface area contributed by atoms with Crippen molar-refractivity contribution in [2.75, 3.05) is 37.6 Å². The SMILES string of the molecule is O=C(c1ccc(Cl)c(S(=O)(=O)N2CCc3ccccc3C2)c1)N1CCN(c2ncccn2)CC1. The Balaban J connectivity index is 1.33. The van der Waals surface area contributed by atoms with Gasteiger partial charge in [0, 0.05) is 57.2 Å². The molecule has 0 N–H and O–H groups in total. The Morgan fingerprint density at radius 2 is 1.59 bits per heavy atom. The number of fused-ring (bicyclic) bond motifs is 1. The zero-order valence-corrected chi connectivity index (χ0v) is 20.0. The lowest BCUT2D eigenvalue weighted by Gasteiger charge is -2.34. The fraction of sp³-hybridized carbons (Fsp3) is 0.292. The van der Waals surface area contributed by atoms with Gasteiger partial charge >= 0.3 is 0 Å². The van der Waals surface area contributed by atoms with Crippen LogP contribution in [-0.2, 0) is 23.0 Å². The fourth-order valence-electron chi connectivity index (χ4n) is 4.39. The van der Waals surface area contributed by atoms with E-state index in [9.17, 15) is 13.2 Å². The number of anilines is 1. The Kier molecular flexibility index (Phi) is 6.24. The van der Waals surface area contributed by atoms with Gasteiger partial charge in [0.25, 0.3) is 5.91 Å². The van der Waals surface area contributed by atoms with Crippen molar-refractivity contribution in [1.82, 2.24) is 19.2 Å². The van der Waals surface area contributed by atoms with Crippen LogP contribution < -0.4 is 4.90 Å². The first kappa shape index (κ1) is 22.8. The summed E-state index contributed by atoms with van der Waals surface area (Å²) in [5.41, 5.74) is 2.45. The number of piperazine rings is 1. The van der Waals surface area contributed by atoms with Gasteiger partial charge in [-0.3, -0.25) is 4.79 Å². The van der Waals surface area contributed by atoms with Crippen molar-refractivity contribution in [3.63, 3.8) is 0 Å². The molecule has 0 saturated carbocycles. The number of amides is 1. The molecule has 34 heavy (non-hydrogen) atoms. The van der Waals surface area contributed by atoms with Crippen LogP contribution in [0.5, 0.6) is 0 Å². The number of hydrogen-bond donors (Lipinski definition) is 0. The maximum atomic E-state index is 13.5. The molecule has 3 heterocycles. The molecule has 2 aliphatic heterocycles. The molecular weight excluding hydrogens is 474 g/mol. The van der Waals surface area contributed by atoms with E-state index < -0.39 is 10.0 Å². The van der Waals surface area contributed by atoms with Gasteiger partial charge in [-0.1, -0.05) is 35.9 Å². The first-order valence-electron chi connectivity index (χ1n) is 11.1. The third-order valence-electron chi connectivity index (χ3n) is 6.29. The van der Waals surface area contributed by atoms with Gasteiger partial charge in [-0.15, -0.1) is 0 Å². The largest absolute Gasteiger partial charge is 0.337 e.